The Morgan fingerprint density at radius 3 is 1.65 bits per heavy atom. The van der Waals surface area contributed by atoms with Crippen LogP contribution in [-0.2, 0) is 16.0 Å². The van der Waals surface area contributed by atoms with E-state index in [-0.39, 0.29) is 9.73 Å². The molecule has 0 N–H and O–H groups in total. The van der Waals surface area contributed by atoms with E-state index < -0.39 is 11.7 Å². The average Bonchev–Trinajstić information content (AvgIpc) is 3.87. The van der Waals surface area contributed by atoms with Crippen molar-refractivity contribution in [2.75, 3.05) is 6.16 Å². The van der Waals surface area contributed by atoms with Crippen LogP contribution in [0.25, 0.3) is 0 Å². The first-order chi connectivity index (χ1) is 17.6. The summed E-state index contributed by atoms with van der Waals surface area (Å²) in [7, 11) is 6.83. The van der Waals surface area contributed by atoms with Crippen molar-refractivity contribution in [1.82, 2.24) is 19.9 Å². The Hall–Kier alpha value is -1.24. The minimum atomic E-state index is -4.53. The second-order valence-corrected chi connectivity index (χ2v) is 40.8. The molecule has 1 aromatic carbocycles. The summed E-state index contributed by atoms with van der Waals surface area (Å²) < 4.78 is 1.59. The summed E-state index contributed by atoms with van der Waals surface area (Å²) in [5.74, 6) is 1.92. The molecule has 10 aliphatic rings. The van der Waals surface area contributed by atoms with E-state index in [2.05, 4.69) is 69.6 Å². The Bertz CT molecular complexity index is 2040. The fourth-order valence-electron chi connectivity index (χ4n) is 24.8. The van der Waals surface area contributed by atoms with Crippen LogP contribution in [0.15, 0.2) is 67.3 Å². The molecule has 10 saturated heterocycles. The molecular weight excluding hydrogens is 534 g/mol. The van der Waals surface area contributed by atoms with Gasteiger partial charge in [-0.05, 0) is 0 Å². The molecule has 7 heteroatoms. The Kier molecular flexibility index (Phi) is 1.35. The number of rotatable bonds is 5. The molecule has 10 aliphatic heterocycles. The summed E-state index contributed by atoms with van der Waals surface area (Å²) in [6.07, 6.45) is 9.10. The van der Waals surface area contributed by atoms with Crippen molar-refractivity contribution in [2.24, 2.45) is 5.41 Å². The molecular formula is C30H32FeN4P2. The van der Waals surface area contributed by atoms with Gasteiger partial charge in [-0.1, -0.05) is 0 Å². The summed E-state index contributed by atoms with van der Waals surface area (Å²) in [6.45, 7) is 3.39. The predicted octanol–water partition coefficient (Wildman–Crippen LogP) is 6.91. The quantitative estimate of drug-likeness (QED) is 0.249. The Morgan fingerprint density at radius 1 is 0.757 bits per heavy atom. The first-order valence-electron chi connectivity index (χ1n) is 13.9. The maximum atomic E-state index is 5.09. The predicted molar refractivity (Wildman–Crippen MR) is 147 cm³/mol. The zero-order chi connectivity index (χ0) is 24.8. The maximum absolute atomic E-state index is 5.09. The average molecular weight is 566 g/mol. The van der Waals surface area contributed by atoms with Crippen LogP contribution in [0.5, 0.6) is 0 Å². The Balaban J connectivity index is 1.31. The van der Waals surface area contributed by atoms with Gasteiger partial charge in [0.15, 0.2) is 0 Å². The van der Waals surface area contributed by atoms with Crippen molar-refractivity contribution in [3.63, 3.8) is 0 Å². The van der Waals surface area contributed by atoms with Gasteiger partial charge in [0.1, 0.15) is 0 Å². The molecule has 7 atom stereocenters. The van der Waals surface area contributed by atoms with E-state index >= 15 is 0 Å². The summed E-state index contributed by atoms with van der Waals surface area (Å²) in [5, 5.41) is -0.430. The van der Waals surface area contributed by atoms with Crippen molar-refractivity contribution in [3.8, 4) is 0 Å². The van der Waals surface area contributed by atoms with Crippen molar-refractivity contribution in [2.45, 2.75) is 72.1 Å². The number of fused-ring (bicyclic) bond motifs is 10. The molecule has 0 aliphatic carbocycles. The Labute approximate surface area is 212 Å². The molecule has 2 aromatic heterocycles. The van der Waals surface area contributed by atoms with Crippen molar-refractivity contribution >= 4 is 18.5 Å². The topological polar surface area (TPSA) is 51.6 Å². The van der Waals surface area contributed by atoms with Crippen molar-refractivity contribution in [1.29, 1.82) is 0 Å². The van der Waals surface area contributed by atoms with E-state index in [1.54, 1.807) is 5.56 Å². The molecule has 4 nitrogen and oxygen atoms in total. The number of hydrogen-bond donors (Lipinski definition) is 0. The number of aromatic nitrogens is 4. The van der Waals surface area contributed by atoms with Crippen LogP contribution in [0.2, 0.25) is 41.8 Å². The van der Waals surface area contributed by atoms with Crippen LogP contribution in [0.4, 0.5) is 0 Å². The van der Waals surface area contributed by atoms with Crippen LogP contribution in [0.1, 0.15) is 38.0 Å². The monoisotopic (exact) mass is 566 g/mol. The SMILES string of the molecule is CC(C)(C)[C]12[C]3(c4ccccc4)[CH]4[C]5(CP)[C]1(C(P)(c1ncccn1)c1ncccn1)[Fe]45321678[CH]2[CH]1[CH]6[CH]7[CH]28. The van der Waals surface area contributed by atoms with Gasteiger partial charge in [-0.3, -0.25) is 0 Å². The number of benzene rings is 1. The standard InChI is InChI=1S/C25H27N4P2.C5H5.Fe/c1-24(2,3)21-19(17-9-5-4-6-10-17)15-18(16-30)20(21)25(31,22-26-11-7-12-27-22)23-28-13-8-14-29-23;1-2-4-5-3-1;/h4-15H,16,30-31H2,1-3H3;1-5H;. The summed E-state index contributed by atoms with van der Waals surface area (Å²) in [5.41, 5.74) is 1.96. The van der Waals surface area contributed by atoms with Gasteiger partial charge in [0, 0.05) is 0 Å². The molecule has 37 heavy (non-hydrogen) atoms. The molecule has 10 fully saturated rings. The fraction of sp³-hybridized carbons (Fsp3) is 0.533. The van der Waals surface area contributed by atoms with Crippen molar-refractivity contribution < 1.29 is 6.51 Å². The summed E-state index contributed by atoms with van der Waals surface area (Å²) in [6, 6.07) is 16.0. The van der Waals surface area contributed by atoms with Crippen LogP contribution in [0, 0.1) is 5.41 Å². The molecule has 1 spiro atoms. The third kappa shape index (κ3) is 0.372. The van der Waals surface area contributed by atoms with Crippen LogP contribution in [0.3, 0.4) is 0 Å². The fourth-order valence-corrected chi connectivity index (χ4v) is 116. The van der Waals surface area contributed by atoms with Gasteiger partial charge in [-0.2, -0.15) is 0 Å². The zero-order valence-electron chi connectivity index (χ0n) is 21.3. The van der Waals surface area contributed by atoms with Gasteiger partial charge in [-0.25, -0.2) is 0 Å². The van der Waals surface area contributed by atoms with Crippen LogP contribution >= 0.6 is 18.5 Å². The van der Waals surface area contributed by atoms with E-state index in [1.165, 1.54) is 6.16 Å². The first-order valence-corrected chi connectivity index (χ1v) is 21.3. The van der Waals surface area contributed by atoms with E-state index in [9.17, 15) is 0 Å². The molecule has 190 valence electrons. The Morgan fingerprint density at radius 2 is 1.24 bits per heavy atom. The van der Waals surface area contributed by atoms with E-state index in [4.69, 9.17) is 19.9 Å². The first kappa shape index (κ1) is 18.9. The molecule has 0 amide bonds. The van der Waals surface area contributed by atoms with E-state index in [1.807, 2.05) is 36.9 Å². The van der Waals surface area contributed by atoms with Crippen molar-refractivity contribution in [3.05, 3.63) is 84.5 Å². The number of nitrogens with zero attached hydrogens (tertiary/aromatic N) is 4. The third-order valence-corrected chi connectivity index (χ3v) is 67.6. The van der Waals surface area contributed by atoms with Gasteiger partial charge >= 0.3 is 213 Å². The van der Waals surface area contributed by atoms with Crippen LogP contribution in [-0.4, -0.2) is 26.1 Å². The molecule has 13 rings (SSSR count). The molecule has 0 saturated carbocycles. The molecule has 0 radical (unpaired) electrons. The van der Waals surface area contributed by atoms with Gasteiger partial charge in [0.25, 0.3) is 0 Å². The van der Waals surface area contributed by atoms with Crippen LogP contribution < -0.4 is 0 Å². The van der Waals surface area contributed by atoms with Gasteiger partial charge in [0.2, 0.25) is 0 Å². The summed E-state index contributed by atoms with van der Waals surface area (Å²) >= 11 is 0. The van der Waals surface area contributed by atoms with E-state index in [0.29, 0.717) is 12.9 Å². The summed E-state index contributed by atoms with van der Waals surface area (Å²) in [4.78, 5) is 26.6. The molecule has 3 aromatic rings. The molecule has 7 unspecified atom stereocenters. The zero-order valence-corrected chi connectivity index (χ0v) is 24.7. The van der Waals surface area contributed by atoms with Gasteiger partial charge < -0.3 is 0 Å². The normalized spacial score (nSPS) is 67.9. The second-order valence-electron chi connectivity index (χ2n) is 16.8. The number of hydrogen-bond acceptors (Lipinski definition) is 4. The minimum absolute atomic E-state index is 0.223. The molecule has 12 heterocycles. The molecule has 0 bridgehead atoms. The van der Waals surface area contributed by atoms with Gasteiger partial charge in [-0.15, -0.1) is 0 Å². The van der Waals surface area contributed by atoms with Gasteiger partial charge in [0.05, 0.1) is 0 Å². The third-order valence-electron chi connectivity index (χ3n) is 20.4. The van der Waals surface area contributed by atoms with E-state index in [0.717, 1.165) is 40.5 Å². The second kappa shape index (κ2) is 2.63.